The summed E-state index contributed by atoms with van der Waals surface area (Å²) in [5.41, 5.74) is 6.54. The van der Waals surface area contributed by atoms with Gasteiger partial charge in [0.25, 0.3) is 0 Å². The fourth-order valence-corrected chi connectivity index (χ4v) is 2.15. The maximum Gasteiger partial charge on any atom is 0.148 e. The van der Waals surface area contributed by atoms with Crippen LogP contribution in [0.3, 0.4) is 0 Å². The van der Waals surface area contributed by atoms with Gasteiger partial charge in [0.15, 0.2) is 0 Å². The zero-order chi connectivity index (χ0) is 13.0. The van der Waals surface area contributed by atoms with Crippen LogP contribution in [0.1, 0.15) is 6.92 Å². The predicted octanol–water partition coefficient (Wildman–Crippen LogP) is 1.54. The summed E-state index contributed by atoms with van der Waals surface area (Å²) >= 11 is 0. The fourth-order valence-electron chi connectivity index (χ4n) is 2.15. The lowest BCUT2D eigenvalue weighted by Crippen LogP contribution is -2.42. The molecule has 0 spiro atoms. The van der Waals surface area contributed by atoms with Crippen LogP contribution < -0.4 is 11.1 Å². The molecule has 3 N–H and O–H groups in total. The van der Waals surface area contributed by atoms with E-state index in [1.165, 1.54) is 6.07 Å². The summed E-state index contributed by atoms with van der Waals surface area (Å²) in [7, 11) is 0. The Morgan fingerprint density at radius 1 is 1.44 bits per heavy atom. The number of nitrogens with one attached hydrogen (secondary N) is 1. The predicted molar refractivity (Wildman–Crippen MR) is 71.2 cm³/mol. The Bertz CT molecular complexity index is 394. The average molecular weight is 253 g/mol. The Morgan fingerprint density at radius 3 is 2.89 bits per heavy atom. The van der Waals surface area contributed by atoms with Crippen LogP contribution in [0.2, 0.25) is 0 Å². The van der Waals surface area contributed by atoms with E-state index < -0.39 is 0 Å². The summed E-state index contributed by atoms with van der Waals surface area (Å²) in [6, 6.07) is 5.05. The van der Waals surface area contributed by atoms with Crippen LogP contribution in [-0.4, -0.2) is 43.8 Å². The molecule has 1 heterocycles. The Kier molecular flexibility index (Phi) is 4.38. The van der Waals surface area contributed by atoms with Gasteiger partial charge < -0.3 is 15.8 Å². The molecular weight excluding hydrogens is 233 g/mol. The van der Waals surface area contributed by atoms with Gasteiger partial charge in [0.1, 0.15) is 5.82 Å². The number of nitrogens with zero attached hydrogens (tertiary/aromatic N) is 1. The van der Waals surface area contributed by atoms with E-state index in [-0.39, 0.29) is 17.5 Å². The average Bonchev–Trinajstić information content (AvgIpc) is 2.36. The Morgan fingerprint density at radius 2 is 2.17 bits per heavy atom. The highest BCUT2D eigenvalue weighted by Crippen LogP contribution is 2.21. The molecule has 1 aromatic rings. The first kappa shape index (κ1) is 13.1. The van der Waals surface area contributed by atoms with Crippen molar-refractivity contribution in [3.63, 3.8) is 0 Å². The number of ether oxygens (including phenoxy) is 1. The number of rotatable bonds is 4. The van der Waals surface area contributed by atoms with E-state index in [0.717, 1.165) is 32.8 Å². The Balaban J connectivity index is 1.90. The molecule has 100 valence electrons. The topological polar surface area (TPSA) is 50.5 Å². The Hall–Kier alpha value is -1.33. The van der Waals surface area contributed by atoms with Gasteiger partial charge in [-0.15, -0.1) is 0 Å². The van der Waals surface area contributed by atoms with Crippen LogP contribution in [0.5, 0.6) is 0 Å². The van der Waals surface area contributed by atoms with Crippen molar-refractivity contribution >= 4 is 11.4 Å². The fraction of sp³-hybridized carbons (Fsp3) is 0.538. The maximum absolute atomic E-state index is 13.3. The molecule has 5 heteroatoms. The van der Waals surface area contributed by atoms with Gasteiger partial charge in [0.05, 0.1) is 24.6 Å². The molecule has 2 rings (SSSR count). The van der Waals surface area contributed by atoms with E-state index in [4.69, 9.17) is 10.5 Å². The number of morpholine rings is 1. The van der Waals surface area contributed by atoms with Crippen LogP contribution in [0, 0.1) is 5.82 Å². The molecule has 0 bridgehead atoms. The summed E-state index contributed by atoms with van der Waals surface area (Å²) in [6.45, 7) is 6.44. The number of halogens is 1. The van der Waals surface area contributed by atoms with Crippen molar-refractivity contribution in [2.45, 2.75) is 13.0 Å². The molecule has 1 aromatic carbocycles. The molecule has 1 aliphatic heterocycles. The monoisotopic (exact) mass is 253 g/mol. The quantitative estimate of drug-likeness (QED) is 0.799. The second-order valence-corrected chi connectivity index (χ2v) is 4.66. The number of anilines is 2. The molecule has 0 amide bonds. The van der Waals surface area contributed by atoms with Gasteiger partial charge in [-0.3, -0.25) is 4.90 Å². The van der Waals surface area contributed by atoms with Crippen LogP contribution >= 0.6 is 0 Å². The van der Waals surface area contributed by atoms with Crippen molar-refractivity contribution in [1.82, 2.24) is 4.90 Å². The maximum atomic E-state index is 13.3. The van der Waals surface area contributed by atoms with E-state index in [0.29, 0.717) is 5.69 Å². The molecule has 0 aliphatic carbocycles. The van der Waals surface area contributed by atoms with Crippen molar-refractivity contribution < 1.29 is 9.13 Å². The lowest BCUT2D eigenvalue weighted by atomic mass is 10.2. The van der Waals surface area contributed by atoms with E-state index in [1.54, 1.807) is 12.1 Å². The molecule has 1 fully saturated rings. The molecule has 1 unspecified atom stereocenters. The molecule has 0 radical (unpaired) electrons. The molecule has 0 aromatic heterocycles. The second kappa shape index (κ2) is 6.02. The summed E-state index contributed by atoms with van der Waals surface area (Å²) in [6.07, 6.45) is 0. The van der Waals surface area contributed by atoms with Crippen LogP contribution in [0.4, 0.5) is 15.8 Å². The highest BCUT2D eigenvalue weighted by Gasteiger charge is 2.14. The standard InChI is InChI=1S/C13H20FN3O/c1-10(9-17-5-7-18-8-6-17)16-12-4-2-3-11(14)13(12)15/h2-4,10,16H,5-9,15H2,1H3. The third-order valence-electron chi connectivity index (χ3n) is 3.09. The zero-order valence-corrected chi connectivity index (χ0v) is 10.7. The third kappa shape index (κ3) is 3.34. The zero-order valence-electron chi connectivity index (χ0n) is 10.7. The van der Waals surface area contributed by atoms with E-state index in [1.807, 2.05) is 0 Å². The van der Waals surface area contributed by atoms with Crippen molar-refractivity contribution in [3.8, 4) is 0 Å². The molecular formula is C13H20FN3O. The summed E-state index contributed by atoms with van der Waals surface area (Å²) < 4.78 is 18.6. The van der Waals surface area contributed by atoms with Gasteiger partial charge in [-0.1, -0.05) is 6.07 Å². The first-order chi connectivity index (χ1) is 8.66. The van der Waals surface area contributed by atoms with Crippen LogP contribution in [0.25, 0.3) is 0 Å². The van der Waals surface area contributed by atoms with Crippen LogP contribution in [0.15, 0.2) is 18.2 Å². The third-order valence-corrected chi connectivity index (χ3v) is 3.09. The van der Waals surface area contributed by atoms with E-state index >= 15 is 0 Å². The number of benzene rings is 1. The number of hydrogen-bond donors (Lipinski definition) is 2. The molecule has 4 nitrogen and oxygen atoms in total. The molecule has 1 saturated heterocycles. The minimum absolute atomic E-state index is 0.186. The molecule has 0 saturated carbocycles. The largest absolute Gasteiger partial charge is 0.395 e. The van der Waals surface area contributed by atoms with Crippen molar-refractivity contribution in [1.29, 1.82) is 0 Å². The number of para-hydroxylation sites is 1. The Labute approximate surface area is 107 Å². The molecule has 1 aliphatic rings. The summed E-state index contributed by atoms with van der Waals surface area (Å²) in [5.74, 6) is -0.376. The van der Waals surface area contributed by atoms with Gasteiger partial charge in [-0.25, -0.2) is 4.39 Å². The number of hydrogen-bond acceptors (Lipinski definition) is 4. The van der Waals surface area contributed by atoms with Gasteiger partial charge in [0.2, 0.25) is 0 Å². The normalized spacial score (nSPS) is 18.6. The van der Waals surface area contributed by atoms with Gasteiger partial charge >= 0.3 is 0 Å². The van der Waals surface area contributed by atoms with Gasteiger partial charge in [-0.05, 0) is 19.1 Å². The minimum atomic E-state index is -0.376. The lowest BCUT2D eigenvalue weighted by Gasteiger charge is -2.29. The van der Waals surface area contributed by atoms with Crippen LogP contribution in [-0.2, 0) is 4.74 Å². The SMILES string of the molecule is CC(CN1CCOCC1)Nc1cccc(F)c1N. The molecule has 1 atom stereocenters. The van der Waals surface area contributed by atoms with Gasteiger partial charge in [-0.2, -0.15) is 0 Å². The van der Waals surface area contributed by atoms with Crippen molar-refractivity contribution in [3.05, 3.63) is 24.0 Å². The van der Waals surface area contributed by atoms with Gasteiger partial charge in [0, 0.05) is 25.7 Å². The van der Waals surface area contributed by atoms with Crippen molar-refractivity contribution in [2.75, 3.05) is 43.9 Å². The lowest BCUT2D eigenvalue weighted by molar-refractivity contribution is 0.0368. The first-order valence-electron chi connectivity index (χ1n) is 6.27. The van der Waals surface area contributed by atoms with E-state index in [2.05, 4.69) is 17.1 Å². The smallest absolute Gasteiger partial charge is 0.148 e. The highest BCUT2D eigenvalue weighted by atomic mass is 19.1. The molecule has 18 heavy (non-hydrogen) atoms. The van der Waals surface area contributed by atoms with E-state index in [9.17, 15) is 4.39 Å². The summed E-state index contributed by atoms with van der Waals surface area (Å²) in [5, 5.41) is 3.25. The summed E-state index contributed by atoms with van der Waals surface area (Å²) in [4.78, 5) is 2.33. The number of nitrogen functional groups attached to an aromatic ring is 1. The first-order valence-corrected chi connectivity index (χ1v) is 6.27. The minimum Gasteiger partial charge on any atom is -0.395 e. The second-order valence-electron chi connectivity index (χ2n) is 4.66. The highest BCUT2D eigenvalue weighted by molar-refractivity contribution is 5.66. The number of nitrogens with two attached hydrogens (primary N) is 1. The van der Waals surface area contributed by atoms with Crippen molar-refractivity contribution in [2.24, 2.45) is 0 Å².